The zero-order valence-electron chi connectivity index (χ0n) is 9.92. The van der Waals surface area contributed by atoms with Crippen molar-refractivity contribution < 1.29 is 0 Å². The molecule has 18 heavy (non-hydrogen) atoms. The molecule has 0 aliphatic heterocycles. The van der Waals surface area contributed by atoms with Gasteiger partial charge in [-0.1, -0.05) is 18.2 Å². The van der Waals surface area contributed by atoms with Crippen LogP contribution in [0.1, 0.15) is 12.6 Å². The maximum atomic E-state index is 6.27. The van der Waals surface area contributed by atoms with Gasteiger partial charge in [0.25, 0.3) is 0 Å². The van der Waals surface area contributed by atoms with Gasteiger partial charge in [0.2, 0.25) is 0 Å². The second kappa shape index (κ2) is 4.03. The standard InChI is InChI=1S/C14H12ClN3/c1-8(2)12-5-9(6-17-12)13-10-3-4-16-14(10)18-7-11(13)15/h3-7,17H,1H2,2H3,(H,16,18). The first kappa shape index (κ1) is 11.1. The van der Waals surface area contributed by atoms with Crippen LogP contribution in [0.3, 0.4) is 0 Å². The third-order valence-electron chi connectivity index (χ3n) is 2.97. The number of H-pyrrole nitrogens is 2. The molecular formula is C14H12ClN3. The highest BCUT2D eigenvalue weighted by Gasteiger charge is 2.12. The van der Waals surface area contributed by atoms with Crippen LogP contribution >= 0.6 is 11.6 Å². The number of rotatable bonds is 2. The SMILES string of the molecule is C=C(C)c1cc(-c2c(Cl)cnc3[nH]ccc23)c[nH]1. The molecule has 0 unspecified atom stereocenters. The molecule has 0 amide bonds. The highest BCUT2D eigenvalue weighted by molar-refractivity contribution is 6.34. The molecule has 0 fully saturated rings. The molecule has 90 valence electrons. The molecule has 0 saturated carbocycles. The van der Waals surface area contributed by atoms with E-state index in [0.29, 0.717) is 5.02 Å². The van der Waals surface area contributed by atoms with Crippen LogP contribution in [0.2, 0.25) is 5.02 Å². The number of hydrogen-bond donors (Lipinski definition) is 2. The number of aromatic nitrogens is 3. The number of fused-ring (bicyclic) bond motifs is 1. The molecule has 3 aromatic heterocycles. The Balaban J connectivity index is 2.26. The summed E-state index contributed by atoms with van der Waals surface area (Å²) in [5.41, 5.74) is 4.89. The van der Waals surface area contributed by atoms with Gasteiger partial charge >= 0.3 is 0 Å². The van der Waals surface area contributed by atoms with Crippen LogP contribution in [0.15, 0.2) is 37.3 Å². The van der Waals surface area contributed by atoms with Gasteiger partial charge in [-0.05, 0) is 24.6 Å². The van der Waals surface area contributed by atoms with Crippen molar-refractivity contribution in [1.82, 2.24) is 15.0 Å². The fourth-order valence-corrected chi connectivity index (χ4v) is 2.32. The molecule has 3 heterocycles. The first-order chi connectivity index (χ1) is 8.66. The lowest BCUT2D eigenvalue weighted by atomic mass is 10.1. The second-order valence-corrected chi connectivity index (χ2v) is 4.71. The number of halogens is 1. The van der Waals surface area contributed by atoms with Crippen LogP contribution in [-0.4, -0.2) is 15.0 Å². The number of hydrogen-bond acceptors (Lipinski definition) is 1. The van der Waals surface area contributed by atoms with Gasteiger partial charge < -0.3 is 9.97 Å². The Hall–Kier alpha value is -2.00. The van der Waals surface area contributed by atoms with Crippen LogP contribution in [-0.2, 0) is 0 Å². The number of pyridine rings is 1. The minimum atomic E-state index is 0.648. The van der Waals surface area contributed by atoms with Crippen molar-refractivity contribution in [1.29, 1.82) is 0 Å². The molecule has 0 bridgehead atoms. The van der Waals surface area contributed by atoms with Crippen molar-refractivity contribution in [2.45, 2.75) is 6.92 Å². The quantitative estimate of drug-likeness (QED) is 0.708. The Labute approximate surface area is 110 Å². The van der Waals surface area contributed by atoms with Crippen LogP contribution in [0, 0.1) is 0 Å². The average molecular weight is 258 g/mol. The maximum Gasteiger partial charge on any atom is 0.137 e. The topological polar surface area (TPSA) is 44.5 Å². The fourth-order valence-electron chi connectivity index (χ4n) is 2.06. The van der Waals surface area contributed by atoms with Crippen LogP contribution in [0.5, 0.6) is 0 Å². The van der Waals surface area contributed by atoms with Crippen LogP contribution in [0.4, 0.5) is 0 Å². The van der Waals surface area contributed by atoms with E-state index in [1.54, 1.807) is 6.20 Å². The largest absolute Gasteiger partial charge is 0.361 e. The molecule has 0 aliphatic carbocycles. The van der Waals surface area contributed by atoms with Gasteiger partial charge in [-0.15, -0.1) is 0 Å². The maximum absolute atomic E-state index is 6.27. The summed E-state index contributed by atoms with van der Waals surface area (Å²) in [5.74, 6) is 0. The van der Waals surface area contributed by atoms with E-state index in [2.05, 4.69) is 27.6 Å². The highest BCUT2D eigenvalue weighted by Crippen LogP contribution is 2.34. The Bertz CT molecular complexity index is 736. The molecule has 0 atom stereocenters. The van der Waals surface area contributed by atoms with E-state index in [-0.39, 0.29) is 0 Å². The van der Waals surface area contributed by atoms with E-state index >= 15 is 0 Å². The van der Waals surface area contributed by atoms with Gasteiger partial charge in [-0.3, -0.25) is 0 Å². The summed E-state index contributed by atoms with van der Waals surface area (Å²) in [6.07, 6.45) is 5.48. The van der Waals surface area contributed by atoms with Gasteiger partial charge in [-0.25, -0.2) is 4.98 Å². The average Bonchev–Trinajstić information content (AvgIpc) is 2.95. The Kier molecular flexibility index (Phi) is 2.49. The highest BCUT2D eigenvalue weighted by atomic mass is 35.5. The number of allylic oxidation sites excluding steroid dienone is 1. The van der Waals surface area contributed by atoms with E-state index in [9.17, 15) is 0 Å². The molecule has 4 heteroatoms. The molecule has 3 nitrogen and oxygen atoms in total. The number of nitrogens with one attached hydrogen (secondary N) is 2. The number of nitrogens with zero attached hydrogens (tertiary/aromatic N) is 1. The van der Waals surface area contributed by atoms with Crippen LogP contribution < -0.4 is 0 Å². The smallest absolute Gasteiger partial charge is 0.137 e. The lowest BCUT2D eigenvalue weighted by Gasteiger charge is -2.03. The van der Waals surface area contributed by atoms with E-state index in [1.807, 2.05) is 25.4 Å². The predicted molar refractivity (Wildman–Crippen MR) is 75.6 cm³/mol. The second-order valence-electron chi connectivity index (χ2n) is 4.30. The Morgan fingerprint density at radius 3 is 2.94 bits per heavy atom. The summed E-state index contributed by atoms with van der Waals surface area (Å²) < 4.78 is 0. The fraction of sp³-hybridized carbons (Fsp3) is 0.0714. The molecule has 0 aromatic carbocycles. The normalized spacial score (nSPS) is 11.0. The molecule has 0 aliphatic rings. The van der Waals surface area contributed by atoms with Crippen molar-refractivity contribution in [3.05, 3.63) is 48.0 Å². The zero-order valence-corrected chi connectivity index (χ0v) is 10.7. The van der Waals surface area contributed by atoms with Crippen molar-refractivity contribution >= 4 is 28.2 Å². The third-order valence-corrected chi connectivity index (χ3v) is 3.26. The Morgan fingerprint density at radius 1 is 1.39 bits per heavy atom. The van der Waals surface area contributed by atoms with Gasteiger partial charge in [-0.2, -0.15) is 0 Å². The number of aromatic amines is 2. The molecule has 0 radical (unpaired) electrons. The van der Waals surface area contributed by atoms with Crippen molar-refractivity contribution in [2.24, 2.45) is 0 Å². The first-order valence-corrected chi connectivity index (χ1v) is 6.01. The Morgan fingerprint density at radius 2 is 2.22 bits per heavy atom. The van der Waals surface area contributed by atoms with Gasteiger partial charge in [0.15, 0.2) is 0 Å². The summed E-state index contributed by atoms with van der Waals surface area (Å²) in [7, 11) is 0. The van der Waals surface area contributed by atoms with Gasteiger partial charge in [0.05, 0.1) is 5.02 Å². The van der Waals surface area contributed by atoms with Gasteiger partial charge in [0.1, 0.15) is 5.65 Å². The third kappa shape index (κ3) is 1.64. The lowest BCUT2D eigenvalue weighted by Crippen LogP contribution is -1.82. The van der Waals surface area contributed by atoms with Crippen molar-refractivity contribution in [3.8, 4) is 11.1 Å². The van der Waals surface area contributed by atoms with Crippen molar-refractivity contribution in [3.63, 3.8) is 0 Å². The van der Waals surface area contributed by atoms with E-state index in [4.69, 9.17) is 11.6 Å². The molecule has 3 rings (SSSR count). The van der Waals surface area contributed by atoms with E-state index in [0.717, 1.165) is 33.4 Å². The minimum Gasteiger partial charge on any atom is -0.361 e. The molecule has 0 saturated heterocycles. The predicted octanol–water partition coefficient (Wildman–Crippen LogP) is 4.24. The first-order valence-electron chi connectivity index (χ1n) is 5.63. The molecule has 3 aromatic rings. The van der Waals surface area contributed by atoms with E-state index < -0.39 is 0 Å². The van der Waals surface area contributed by atoms with E-state index in [1.165, 1.54) is 0 Å². The van der Waals surface area contributed by atoms with Crippen LogP contribution in [0.25, 0.3) is 27.7 Å². The summed E-state index contributed by atoms with van der Waals surface area (Å²) in [6.45, 7) is 5.89. The van der Waals surface area contributed by atoms with Crippen molar-refractivity contribution in [2.75, 3.05) is 0 Å². The summed E-state index contributed by atoms with van der Waals surface area (Å²) >= 11 is 6.27. The summed E-state index contributed by atoms with van der Waals surface area (Å²) in [4.78, 5) is 10.5. The lowest BCUT2D eigenvalue weighted by molar-refractivity contribution is 1.32. The summed E-state index contributed by atoms with van der Waals surface area (Å²) in [6, 6.07) is 4.03. The molecule has 2 N–H and O–H groups in total. The van der Waals surface area contributed by atoms with Gasteiger partial charge in [0, 0.05) is 40.8 Å². The summed E-state index contributed by atoms with van der Waals surface area (Å²) in [5, 5.41) is 1.67. The monoisotopic (exact) mass is 257 g/mol. The molecular weight excluding hydrogens is 246 g/mol. The molecule has 0 spiro atoms. The minimum absolute atomic E-state index is 0.648. The zero-order chi connectivity index (χ0) is 12.7.